The summed E-state index contributed by atoms with van der Waals surface area (Å²) < 4.78 is 0. The molecule has 4 nitrogen and oxygen atoms in total. The zero-order valence-corrected chi connectivity index (χ0v) is 13.1. The topological polar surface area (TPSA) is 67.1 Å². The van der Waals surface area contributed by atoms with Crippen LogP contribution >= 0.6 is 23.2 Å². The van der Waals surface area contributed by atoms with E-state index in [1.165, 1.54) is 0 Å². The Kier molecular flexibility index (Phi) is 4.60. The smallest absolute Gasteiger partial charge is 0.323 e. The number of nitrogens with one attached hydrogen (secondary N) is 2. The largest absolute Gasteiger partial charge is 0.397 e. The highest BCUT2D eigenvalue weighted by Crippen LogP contribution is 2.26. The number of nitrogens with two attached hydrogens (primary N) is 1. The molecule has 21 heavy (non-hydrogen) atoms. The highest BCUT2D eigenvalue weighted by atomic mass is 35.5. The van der Waals surface area contributed by atoms with E-state index in [9.17, 15) is 4.79 Å². The fraction of sp³-hybridized carbons (Fsp3) is 0.133. The number of rotatable bonds is 2. The molecule has 2 amide bonds. The first-order valence-corrected chi connectivity index (χ1v) is 7.02. The van der Waals surface area contributed by atoms with Crippen LogP contribution in [0.3, 0.4) is 0 Å². The zero-order chi connectivity index (χ0) is 15.6. The van der Waals surface area contributed by atoms with Crippen LogP contribution in [0, 0.1) is 13.8 Å². The molecule has 0 atom stereocenters. The van der Waals surface area contributed by atoms with Gasteiger partial charge in [-0.05, 0) is 55.3 Å². The second-order valence-corrected chi connectivity index (χ2v) is 5.55. The van der Waals surface area contributed by atoms with Gasteiger partial charge in [0.05, 0.1) is 21.4 Å². The van der Waals surface area contributed by atoms with E-state index in [2.05, 4.69) is 10.6 Å². The first-order valence-electron chi connectivity index (χ1n) is 6.26. The van der Waals surface area contributed by atoms with Crippen molar-refractivity contribution in [3.05, 3.63) is 51.5 Å². The Morgan fingerprint density at radius 2 is 1.67 bits per heavy atom. The number of hydrogen-bond donors (Lipinski definition) is 3. The summed E-state index contributed by atoms with van der Waals surface area (Å²) in [6.45, 7) is 3.92. The van der Waals surface area contributed by atoms with Gasteiger partial charge in [0.1, 0.15) is 0 Å². The van der Waals surface area contributed by atoms with Crippen molar-refractivity contribution >= 4 is 46.3 Å². The Hall–Kier alpha value is -1.91. The number of aryl methyl sites for hydroxylation is 2. The lowest BCUT2D eigenvalue weighted by Crippen LogP contribution is -2.20. The van der Waals surface area contributed by atoms with Crippen LogP contribution in [0.15, 0.2) is 30.3 Å². The molecule has 0 fully saturated rings. The van der Waals surface area contributed by atoms with E-state index in [1.807, 2.05) is 26.0 Å². The number of carbonyl (C=O) groups excluding carboxylic acids is 1. The van der Waals surface area contributed by atoms with Crippen LogP contribution in [0.4, 0.5) is 21.9 Å². The van der Waals surface area contributed by atoms with Crippen LogP contribution in [0.1, 0.15) is 11.1 Å². The number of urea groups is 1. The molecule has 110 valence electrons. The molecule has 0 aliphatic heterocycles. The summed E-state index contributed by atoms with van der Waals surface area (Å²) in [5.41, 5.74) is 9.64. The Labute approximate surface area is 133 Å². The number of nitrogen functional groups attached to an aromatic ring is 1. The normalized spacial score (nSPS) is 10.3. The number of benzene rings is 2. The summed E-state index contributed by atoms with van der Waals surface area (Å²) in [5, 5.41) is 6.19. The molecule has 0 aromatic heterocycles. The average molecular weight is 324 g/mol. The number of hydrogen-bond acceptors (Lipinski definition) is 2. The Bertz CT molecular complexity index is 702. The number of carbonyl (C=O) groups is 1. The lowest BCUT2D eigenvalue weighted by atomic mass is 10.1. The van der Waals surface area contributed by atoms with Crippen molar-refractivity contribution in [2.45, 2.75) is 13.8 Å². The van der Waals surface area contributed by atoms with E-state index in [0.29, 0.717) is 27.1 Å². The molecule has 0 bridgehead atoms. The SMILES string of the molecule is Cc1cc(N)c(NC(=O)Nc2ccc(Cl)c(Cl)c2)cc1C. The molecule has 2 aromatic rings. The maximum absolute atomic E-state index is 12.0. The molecule has 0 aliphatic rings. The molecule has 0 spiro atoms. The third kappa shape index (κ3) is 3.80. The van der Waals surface area contributed by atoms with Crippen molar-refractivity contribution in [2.24, 2.45) is 0 Å². The first-order chi connectivity index (χ1) is 9.86. The van der Waals surface area contributed by atoms with Gasteiger partial charge in [0, 0.05) is 5.69 Å². The molecule has 0 heterocycles. The van der Waals surface area contributed by atoms with Crippen molar-refractivity contribution < 1.29 is 4.79 Å². The fourth-order valence-corrected chi connectivity index (χ4v) is 2.10. The van der Waals surface area contributed by atoms with Gasteiger partial charge >= 0.3 is 6.03 Å². The van der Waals surface area contributed by atoms with Crippen LogP contribution < -0.4 is 16.4 Å². The minimum Gasteiger partial charge on any atom is -0.397 e. The highest BCUT2D eigenvalue weighted by Gasteiger charge is 2.08. The van der Waals surface area contributed by atoms with Crippen molar-refractivity contribution in [2.75, 3.05) is 16.4 Å². The second kappa shape index (κ2) is 6.24. The summed E-state index contributed by atoms with van der Waals surface area (Å²) in [5.74, 6) is 0. The maximum atomic E-state index is 12.0. The quantitative estimate of drug-likeness (QED) is 0.692. The zero-order valence-electron chi connectivity index (χ0n) is 11.6. The summed E-state index contributed by atoms with van der Waals surface area (Å²) >= 11 is 11.7. The Balaban J connectivity index is 2.11. The standard InChI is InChI=1S/C15H15Cl2N3O/c1-8-5-13(18)14(6-9(8)2)20-15(21)19-10-3-4-11(16)12(17)7-10/h3-7H,18H2,1-2H3,(H2,19,20,21). The Morgan fingerprint density at radius 3 is 2.33 bits per heavy atom. The lowest BCUT2D eigenvalue weighted by molar-refractivity contribution is 0.262. The summed E-state index contributed by atoms with van der Waals surface area (Å²) in [6, 6.07) is 8.11. The summed E-state index contributed by atoms with van der Waals surface area (Å²) in [7, 11) is 0. The van der Waals surface area contributed by atoms with Gasteiger partial charge in [-0.15, -0.1) is 0 Å². The van der Waals surface area contributed by atoms with Crippen molar-refractivity contribution in [1.82, 2.24) is 0 Å². The molecule has 4 N–H and O–H groups in total. The molecular weight excluding hydrogens is 309 g/mol. The predicted molar refractivity (Wildman–Crippen MR) is 89.4 cm³/mol. The average Bonchev–Trinajstić information content (AvgIpc) is 2.40. The number of anilines is 3. The minimum atomic E-state index is -0.400. The van der Waals surface area contributed by atoms with Gasteiger partial charge < -0.3 is 16.4 Å². The predicted octanol–water partition coefficient (Wildman–Crippen LogP) is 4.84. The van der Waals surface area contributed by atoms with Gasteiger partial charge in [-0.25, -0.2) is 4.79 Å². The molecule has 6 heteroatoms. The van der Waals surface area contributed by atoms with E-state index in [-0.39, 0.29) is 0 Å². The molecule has 0 saturated heterocycles. The Morgan fingerprint density at radius 1 is 1.00 bits per heavy atom. The minimum absolute atomic E-state index is 0.375. The molecule has 2 rings (SSSR count). The maximum Gasteiger partial charge on any atom is 0.323 e. The van der Waals surface area contributed by atoms with Crippen LogP contribution in [-0.2, 0) is 0 Å². The molecular formula is C15H15Cl2N3O. The van der Waals surface area contributed by atoms with Crippen molar-refractivity contribution in [1.29, 1.82) is 0 Å². The van der Waals surface area contributed by atoms with Crippen LogP contribution in [0.2, 0.25) is 10.0 Å². The van der Waals surface area contributed by atoms with Gasteiger partial charge in [-0.3, -0.25) is 0 Å². The van der Waals surface area contributed by atoms with Crippen LogP contribution in [0.25, 0.3) is 0 Å². The summed E-state index contributed by atoms with van der Waals surface area (Å²) in [4.78, 5) is 12.0. The number of amides is 2. The number of halogens is 2. The molecule has 0 radical (unpaired) electrons. The van der Waals surface area contributed by atoms with Gasteiger partial charge in [-0.2, -0.15) is 0 Å². The fourth-order valence-electron chi connectivity index (χ4n) is 1.81. The lowest BCUT2D eigenvalue weighted by Gasteiger charge is -2.12. The van der Waals surface area contributed by atoms with E-state index in [1.54, 1.807) is 18.2 Å². The van der Waals surface area contributed by atoms with E-state index in [0.717, 1.165) is 11.1 Å². The molecule has 0 saturated carbocycles. The third-order valence-corrected chi connectivity index (χ3v) is 3.83. The highest BCUT2D eigenvalue weighted by molar-refractivity contribution is 6.42. The van der Waals surface area contributed by atoms with Gasteiger partial charge in [-0.1, -0.05) is 23.2 Å². The van der Waals surface area contributed by atoms with Crippen LogP contribution in [-0.4, -0.2) is 6.03 Å². The van der Waals surface area contributed by atoms with Gasteiger partial charge in [0.15, 0.2) is 0 Å². The van der Waals surface area contributed by atoms with E-state index in [4.69, 9.17) is 28.9 Å². The molecule has 2 aromatic carbocycles. The second-order valence-electron chi connectivity index (χ2n) is 4.73. The van der Waals surface area contributed by atoms with Crippen molar-refractivity contribution in [3.8, 4) is 0 Å². The van der Waals surface area contributed by atoms with E-state index >= 15 is 0 Å². The van der Waals surface area contributed by atoms with E-state index < -0.39 is 6.03 Å². The van der Waals surface area contributed by atoms with Crippen molar-refractivity contribution in [3.63, 3.8) is 0 Å². The summed E-state index contributed by atoms with van der Waals surface area (Å²) in [6.07, 6.45) is 0. The van der Waals surface area contributed by atoms with Gasteiger partial charge in [0.25, 0.3) is 0 Å². The van der Waals surface area contributed by atoms with Gasteiger partial charge in [0.2, 0.25) is 0 Å². The molecule has 0 unspecified atom stereocenters. The first kappa shape index (κ1) is 15.5. The molecule has 0 aliphatic carbocycles. The van der Waals surface area contributed by atoms with Crippen LogP contribution in [0.5, 0.6) is 0 Å². The monoisotopic (exact) mass is 323 g/mol. The third-order valence-electron chi connectivity index (χ3n) is 3.09.